The Morgan fingerprint density at radius 1 is 1.55 bits per heavy atom. The number of carbonyl (C=O) groups excluding carboxylic acids is 1. The van der Waals surface area contributed by atoms with Crippen LogP contribution in [0.1, 0.15) is 17.3 Å². The van der Waals surface area contributed by atoms with Crippen LogP contribution in [0.5, 0.6) is 5.75 Å². The van der Waals surface area contributed by atoms with Crippen LogP contribution in [0, 0.1) is 5.41 Å². The number of halogens is 1. The number of amides is 1. The van der Waals surface area contributed by atoms with Crippen LogP contribution in [0.2, 0.25) is 5.02 Å². The van der Waals surface area contributed by atoms with Gasteiger partial charge in [0.05, 0.1) is 18.8 Å². The fourth-order valence-electron chi connectivity index (χ4n) is 1.92. The smallest absolute Gasteiger partial charge is 0.255 e. The predicted octanol–water partition coefficient (Wildman–Crippen LogP) is 1.44. The van der Waals surface area contributed by atoms with Gasteiger partial charge in [-0.2, -0.15) is 0 Å². The van der Waals surface area contributed by atoms with Gasteiger partial charge in [-0.05, 0) is 18.2 Å². The minimum atomic E-state index is -0.201. The first-order valence-electron chi connectivity index (χ1n) is 6.52. The summed E-state index contributed by atoms with van der Waals surface area (Å²) >= 11 is 5.94. The Kier molecular flexibility index (Phi) is 4.86. The van der Waals surface area contributed by atoms with E-state index in [4.69, 9.17) is 26.8 Å². The van der Waals surface area contributed by atoms with E-state index in [0.717, 1.165) is 0 Å². The van der Waals surface area contributed by atoms with Crippen LogP contribution < -0.4 is 15.8 Å². The average Bonchev–Trinajstić information content (AvgIpc) is 2.41. The molecule has 0 aliphatic carbocycles. The summed E-state index contributed by atoms with van der Waals surface area (Å²) in [7, 11) is 0. The first-order chi connectivity index (χ1) is 9.54. The first kappa shape index (κ1) is 15.1. The summed E-state index contributed by atoms with van der Waals surface area (Å²) in [6.07, 6.45) is 0. The van der Waals surface area contributed by atoms with Crippen molar-refractivity contribution in [2.75, 3.05) is 32.9 Å². The molecule has 1 saturated heterocycles. The van der Waals surface area contributed by atoms with Crippen molar-refractivity contribution in [3.8, 4) is 5.75 Å². The molecule has 1 aliphatic heterocycles. The zero-order chi connectivity index (χ0) is 14.6. The topological polar surface area (TPSA) is 73.6 Å². The molecule has 0 bridgehead atoms. The van der Waals surface area contributed by atoms with Crippen molar-refractivity contribution >= 4 is 17.5 Å². The predicted molar refractivity (Wildman–Crippen MR) is 77.3 cm³/mol. The lowest BCUT2D eigenvalue weighted by atomic mass is 9.88. The molecule has 6 heteroatoms. The third kappa shape index (κ3) is 3.62. The molecule has 1 fully saturated rings. The molecule has 20 heavy (non-hydrogen) atoms. The lowest BCUT2D eigenvalue weighted by Gasteiger charge is -2.38. The zero-order valence-corrected chi connectivity index (χ0v) is 12.2. The molecular formula is C14H19ClN2O3. The maximum Gasteiger partial charge on any atom is 0.255 e. The number of hydrogen-bond acceptors (Lipinski definition) is 4. The standard InChI is InChI=1S/C14H19ClN2O3/c1-14(8-19-9-14)7-17-13(18)11-6-10(15)2-3-12(11)20-5-4-16/h2-3,6H,4-5,7-9,16H2,1H3,(H,17,18). The van der Waals surface area contributed by atoms with Gasteiger partial charge in [-0.15, -0.1) is 0 Å². The second-order valence-electron chi connectivity index (χ2n) is 5.26. The van der Waals surface area contributed by atoms with Gasteiger partial charge in [0.1, 0.15) is 12.4 Å². The molecule has 0 atom stereocenters. The van der Waals surface area contributed by atoms with Gasteiger partial charge in [0.25, 0.3) is 5.91 Å². The second kappa shape index (κ2) is 6.43. The molecule has 5 nitrogen and oxygen atoms in total. The normalized spacial score (nSPS) is 16.4. The Labute approximate surface area is 123 Å². The molecular weight excluding hydrogens is 280 g/mol. The van der Waals surface area contributed by atoms with Crippen LogP contribution in [-0.2, 0) is 4.74 Å². The van der Waals surface area contributed by atoms with E-state index in [1.54, 1.807) is 18.2 Å². The van der Waals surface area contributed by atoms with Crippen LogP contribution in [0.25, 0.3) is 0 Å². The maximum atomic E-state index is 12.2. The van der Waals surface area contributed by atoms with Crippen LogP contribution in [0.15, 0.2) is 18.2 Å². The Morgan fingerprint density at radius 3 is 2.90 bits per heavy atom. The maximum absolute atomic E-state index is 12.2. The first-order valence-corrected chi connectivity index (χ1v) is 6.90. The highest BCUT2D eigenvalue weighted by Gasteiger charge is 2.33. The fraction of sp³-hybridized carbons (Fsp3) is 0.500. The highest BCUT2D eigenvalue weighted by Crippen LogP contribution is 2.26. The van der Waals surface area contributed by atoms with Crippen molar-refractivity contribution in [1.29, 1.82) is 0 Å². The van der Waals surface area contributed by atoms with Crippen molar-refractivity contribution in [3.05, 3.63) is 28.8 Å². The van der Waals surface area contributed by atoms with Crippen molar-refractivity contribution in [2.45, 2.75) is 6.92 Å². The van der Waals surface area contributed by atoms with Gasteiger partial charge in [0.15, 0.2) is 0 Å². The van der Waals surface area contributed by atoms with E-state index in [1.807, 2.05) is 0 Å². The molecule has 110 valence electrons. The van der Waals surface area contributed by atoms with Crippen LogP contribution in [-0.4, -0.2) is 38.8 Å². The number of hydrogen-bond donors (Lipinski definition) is 2. The molecule has 1 heterocycles. The molecule has 1 aliphatic rings. The Morgan fingerprint density at radius 2 is 2.30 bits per heavy atom. The summed E-state index contributed by atoms with van der Waals surface area (Å²) in [5.74, 6) is 0.292. The summed E-state index contributed by atoms with van der Waals surface area (Å²) in [6, 6.07) is 4.97. The lowest BCUT2D eigenvalue weighted by Crippen LogP contribution is -2.48. The van der Waals surface area contributed by atoms with E-state index in [1.165, 1.54) is 0 Å². The van der Waals surface area contributed by atoms with E-state index >= 15 is 0 Å². The highest BCUT2D eigenvalue weighted by atomic mass is 35.5. The van der Waals surface area contributed by atoms with Crippen LogP contribution in [0.3, 0.4) is 0 Å². The zero-order valence-electron chi connectivity index (χ0n) is 11.4. The summed E-state index contributed by atoms with van der Waals surface area (Å²) in [5.41, 5.74) is 5.85. The number of nitrogens with two attached hydrogens (primary N) is 1. The molecule has 0 saturated carbocycles. The monoisotopic (exact) mass is 298 g/mol. The van der Waals surface area contributed by atoms with Gasteiger partial charge in [-0.25, -0.2) is 0 Å². The van der Waals surface area contributed by atoms with Gasteiger partial charge in [-0.3, -0.25) is 4.79 Å². The van der Waals surface area contributed by atoms with Crippen molar-refractivity contribution in [3.63, 3.8) is 0 Å². The summed E-state index contributed by atoms with van der Waals surface area (Å²) in [4.78, 5) is 12.2. The van der Waals surface area contributed by atoms with Crippen molar-refractivity contribution in [1.82, 2.24) is 5.32 Å². The number of rotatable bonds is 6. The molecule has 0 aromatic heterocycles. The van der Waals surface area contributed by atoms with Gasteiger partial charge in [-0.1, -0.05) is 18.5 Å². The largest absolute Gasteiger partial charge is 0.491 e. The quantitative estimate of drug-likeness (QED) is 0.833. The summed E-state index contributed by atoms with van der Waals surface area (Å²) < 4.78 is 10.6. The van der Waals surface area contributed by atoms with E-state index in [9.17, 15) is 4.79 Å². The van der Waals surface area contributed by atoms with E-state index < -0.39 is 0 Å². The SMILES string of the molecule is CC1(CNC(=O)c2cc(Cl)ccc2OCCN)COC1. The van der Waals surface area contributed by atoms with Gasteiger partial charge in [0, 0.05) is 23.5 Å². The second-order valence-corrected chi connectivity index (χ2v) is 5.70. The van der Waals surface area contributed by atoms with Gasteiger partial charge >= 0.3 is 0 Å². The third-order valence-electron chi connectivity index (χ3n) is 3.14. The number of carbonyl (C=O) groups is 1. The summed E-state index contributed by atoms with van der Waals surface area (Å²) in [5, 5.41) is 3.39. The van der Waals surface area contributed by atoms with Crippen LogP contribution >= 0.6 is 11.6 Å². The lowest BCUT2D eigenvalue weighted by molar-refractivity contribution is -0.0978. The van der Waals surface area contributed by atoms with Gasteiger partial charge in [0.2, 0.25) is 0 Å². The number of benzene rings is 1. The fourth-order valence-corrected chi connectivity index (χ4v) is 2.09. The molecule has 0 unspecified atom stereocenters. The molecule has 0 radical (unpaired) electrons. The van der Waals surface area contributed by atoms with Crippen LogP contribution in [0.4, 0.5) is 0 Å². The van der Waals surface area contributed by atoms with Crippen molar-refractivity contribution in [2.24, 2.45) is 11.1 Å². The van der Waals surface area contributed by atoms with Crippen molar-refractivity contribution < 1.29 is 14.3 Å². The van der Waals surface area contributed by atoms with E-state index in [-0.39, 0.29) is 11.3 Å². The Hall–Kier alpha value is -1.30. The minimum Gasteiger partial charge on any atom is -0.491 e. The molecule has 2 rings (SSSR count). The van der Waals surface area contributed by atoms with E-state index in [0.29, 0.717) is 49.2 Å². The Balaban J connectivity index is 2.04. The Bertz CT molecular complexity index is 489. The third-order valence-corrected chi connectivity index (χ3v) is 3.37. The molecule has 3 N–H and O–H groups in total. The molecule has 0 spiro atoms. The highest BCUT2D eigenvalue weighted by molar-refractivity contribution is 6.31. The molecule has 1 aromatic carbocycles. The van der Waals surface area contributed by atoms with E-state index in [2.05, 4.69) is 12.2 Å². The minimum absolute atomic E-state index is 0.0204. The molecule has 1 aromatic rings. The molecule has 1 amide bonds. The summed E-state index contributed by atoms with van der Waals surface area (Å²) in [6.45, 7) is 4.71. The number of ether oxygens (including phenoxy) is 2. The average molecular weight is 299 g/mol. The van der Waals surface area contributed by atoms with Gasteiger partial charge < -0.3 is 20.5 Å². The number of nitrogens with one attached hydrogen (secondary N) is 1.